The second kappa shape index (κ2) is 7.91. The molecule has 0 bridgehead atoms. The molecule has 32 heavy (non-hydrogen) atoms. The van der Waals surface area contributed by atoms with Crippen LogP contribution in [-0.4, -0.2) is 27.5 Å². The highest BCUT2D eigenvalue weighted by molar-refractivity contribution is 5.78. The van der Waals surface area contributed by atoms with Crippen molar-refractivity contribution in [3.63, 3.8) is 0 Å². The van der Waals surface area contributed by atoms with Crippen LogP contribution in [0.5, 0.6) is 5.75 Å². The van der Waals surface area contributed by atoms with E-state index in [2.05, 4.69) is 44.9 Å². The van der Waals surface area contributed by atoms with Crippen LogP contribution in [-0.2, 0) is 13.0 Å². The topological polar surface area (TPSA) is 63.5 Å². The zero-order valence-corrected chi connectivity index (χ0v) is 17.6. The fourth-order valence-electron chi connectivity index (χ4n) is 4.79. The summed E-state index contributed by atoms with van der Waals surface area (Å²) in [5.74, 6) is 1.18. The van der Waals surface area contributed by atoms with E-state index in [0.29, 0.717) is 30.7 Å². The maximum Gasteiger partial charge on any atom is 0.208 e. The van der Waals surface area contributed by atoms with Crippen LogP contribution in [0.15, 0.2) is 55.0 Å². The summed E-state index contributed by atoms with van der Waals surface area (Å²) in [5, 5.41) is 6.83. The summed E-state index contributed by atoms with van der Waals surface area (Å²) in [6, 6.07) is 12.3. The summed E-state index contributed by atoms with van der Waals surface area (Å²) in [4.78, 5) is 9.20. The first kappa shape index (κ1) is 19.3. The van der Waals surface area contributed by atoms with E-state index in [9.17, 15) is 4.39 Å². The molecule has 162 valence electrons. The number of imidazole rings is 1. The van der Waals surface area contributed by atoms with Crippen LogP contribution in [0.2, 0.25) is 0 Å². The third kappa shape index (κ3) is 3.29. The van der Waals surface area contributed by atoms with Gasteiger partial charge in [0.05, 0.1) is 6.61 Å². The van der Waals surface area contributed by atoms with E-state index in [0.717, 1.165) is 41.1 Å². The number of benzene rings is 2. The molecule has 2 aromatic carbocycles. The van der Waals surface area contributed by atoms with Gasteiger partial charge in [-0.25, -0.2) is 14.4 Å². The number of fused-ring (bicyclic) bond motifs is 2. The van der Waals surface area contributed by atoms with Gasteiger partial charge in [-0.05, 0) is 42.6 Å². The van der Waals surface area contributed by atoms with E-state index < -0.39 is 0 Å². The van der Waals surface area contributed by atoms with Gasteiger partial charge in [0.15, 0.2) is 0 Å². The molecule has 0 amide bonds. The average molecular weight is 429 g/mol. The SMILES string of the molecule is Fc1ccc2c(c1CNc1ncc(-c3ccc(C4CCCN4)cc3)c3nccn13)CCO2. The highest BCUT2D eigenvalue weighted by atomic mass is 19.1. The normalized spacial score (nSPS) is 17.5. The van der Waals surface area contributed by atoms with Gasteiger partial charge in [0.2, 0.25) is 5.95 Å². The molecule has 0 saturated carbocycles. The molecule has 4 heterocycles. The number of hydrogen-bond donors (Lipinski definition) is 2. The van der Waals surface area contributed by atoms with Crippen LogP contribution < -0.4 is 15.4 Å². The van der Waals surface area contributed by atoms with Crippen LogP contribution in [0, 0.1) is 5.82 Å². The van der Waals surface area contributed by atoms with E-state index in [4.69, 9.17) is 4.74 Å². The standard InChI is InChI=1S/C25H24FN5O/c26-21-7-8-23-18(9-13-32-23)20(21)15-30-25-29-14-19(24-28-11-12-31(24)25)16-3-5-17(6-4-16)22-2-1-10-27-22/h3-8,11-12,14,22,27H,1-2,9-10,13,15H2,(H,29,30). The third-order valence-electron chi connectivity index (χ3n) is 6.47. The second-order valence-corrected chi connectivity index (χ2v) is 8.34. The third-order valence-corrected chi connectivity index (χ3v) is 6.47. The van der Waals surface area contributed by atoms with Gasteiger partial charge in [0.1, 0.15) is 17.2 Å². The summed E-state index contributed by atoms with van der Waals surface area (Å²) < 4.78 is 22.0. The minimum absolute atomic E-state index is 0.225. The van der Waals surface area contributed by atoms with Crippen molar-refractivity contribution >= 4 is 11.6 Å². The van der Waals surface area contributed by atoms with Crippen molar-refractivity contribution in [1.29, 1.82) is 0 Å². The summed E-state index contributed by atoms with van der Waals surface area (Å²) >= 11 is 0. The largest absolute Gasteiger partial charge is 0.493 e. The molecule has 1 saturated heterocycles. The van der Waals surface area contributed by atoms with Gasteiger partial charge in [-0.15, -0.1) is 0 Å². The molecule has 1 atom stereocenters. The minimum Gasteiger partial charge on any atom is -0.493 e. The van der Waals surface area contributed by atoms with Crippen LogP contribution in [0.1, 0.15) is 35.6 Å². The van der Waals surface area contributed by atoms with Crippen molar-refractivity contribution in [3.8, 4) is 16.9 Å². The van der Waals surface area contributed by atoms with Crippen molar-refractivity contribution in [3.05, 3.63) is 77.5 Å². The monoisotopic (exact) mass is 429 g/mol. The molecule has 0 aliphatic carbocycles. The molecule has 2 aliphatic heterocycles. The van der Waals surface area contributed by atoms with Gasteiger partial charge in [0, 0.05) is 54.3 Å². The molecule has 7 heteroatoms. The van der Waals surface area contributed by atoms with E-state index in [1.54, 1.807) is 12.3 Å². The Balaban J connectivity index is 1.28. The Hall–Kier alpha value is -3.45. The fraction of sp³-hybridized carbons (Fsp3) is 0.280. The smallest absolute Gasteiger partial charge is 0.208 e. The molecule has 2 aromatic heterocycles. The number of nitrogens with one attached hydrogen (secondary N) is 2. The lowest BCUT2D eigenvalue weighted by molar-refractivity contribution is 0.356. The molecule has 0 spiro atoms. The molecular formula is C25H24FN5O. The van der Waals surface area contributed by atoms with E-state index in [-0.39, 0.29) is 5.82 Å². The summed E-state index contributed by atoms with van der Waals surface area (Å²) in [6.45, 7) is 2.02. The quantitative estimate of drug-likeness (QED) is 0.489. The Morgan fingerprint density at radius 3 is 2.91 bits per heavy atom. The molecule has 6 nitrogen and oxygen atoms in total. The Kier molecular flexibility index (Phi) is 4.76. The first-order chi connectivity index (χ1) is 15.8. The number of aromatic nitrogens is 3. The number of ether oxygens (including phenoxy) is 1. The van der Waals surface area contributed by atoms with Gasteiger partial charge >= 0.3 is 0 Å². The van der Waals surface area contributed by atoms with Crippen molar-refractivity contribution in [1.82, 2.24) is 19.7 Å². The molecule has 4 aromatic rings. The predicted molar refractivity (Wildman–Crippen MR) is 121 cm³/mol. The molecule has 1 unspecified atom stereocenters. The van der Waals surface area contributed by atoms with Crippen LogP contribution in [0.4, 0.5) is 10.3 Å². The molecule has 0 radical (unpaired) electrons. The van der Waals surface area contributed by atoms with Gasteiger partial charge in [-0.3, -0.25) is 4.40 Å². The number of anilines is 1. The maximum absolute atomic E-state index is 14.5. The minimum atomic E-state index is -0.225. The van der Waals surface area contributed by atoms with E-state index in [1.807, 2.05) is 16.8 Å². The van der Waals surface area contributed by atoms with Crippen molar-refractivity contribution in [2.75, 3.05) is 18.5 Å². The zero-order valence-electron chi connectivity index (χ0n) is 17.6. The Morgan fingerprint density at radius 1 is 1.16 bits per heavy atom. The maximum atomic E-state index is 14.5. The van der Waals surface area contributed by atoms with Crippen molar-refractivity contribution < 1.29 is 9.13 Å². The second-order valence-electron chi connectivity index (χ2n) is 8.34. The summed E-state index contributed by atoms with van der Waals surface area (Å²) in [5.41, 5.74) is 5.75. The molecule has 1 fully saturated rings. The van der Waals surface area contributed by atoms with Crippen molar-refractivity contribution in [2.45, 2.75) is 31.8 Å². The van der Waals surface area contributed by atoms with E-state index in [1.165, 1.54) is 24.5 Å². The molecule has 2 N–H and O–H groups in total. The Labute approximate surface area is 185 Å². The zero-order chi connectivity index (χ0) is 21.5. The van der Waals surface area contributed by atoms with Gasteiger partial charge in [0.25, 0.3) is 0 Å². The summed E-state index contributed by atoms with van der Waals surface area (Å²) in [6.07, 6.45) is 8.61. The van der Waals surface area contributed by atoms with E-state index >= 15 is 0 Å². The molecule has 6 rings (SSSR count). The molecule has 2 aliphatic rings. The number of hydrogen-bond acceptors (Lipinski definition) is 5. The fourth-order valence-corrected chi connectivity index (χ4v) is 4.79. The molecular weight excluding hydrogens is 405 g/mol. The number of rotatable bonds is 5. The van der Waals surface area contributed by atoms with Crippen LogP contribution in [0.3, 0.4) is 0 Å². The number of nitrogens with zero attached hydrogens (tertiary/aromatic N) is 3. The highest BCUT2D eigenvalue weighted by Crippen LogP contribution is 2.31. The lowest BCUT2D eigenvalue weighted by Crippen LogP contribution is -2.12. The van der Waals surface area contributed by atoms with Gasteiger partial charge < -0.3 is 15.4 Å². The number of halogens is 1. The van der Waals surface area contributed by atoms with Crippen LogP contribution >= 0.6 is 0 Å². The lowest BCUT2D eigenvalue weighted by Gasteiger charge is -2.14. The van der Waals surface area contributed by atoms with Gasteiger partial charge in [-0.2, -0.15) is 0 Å². The van der Waals surface area contributed by atoms with Crippen molar-refractivity contribution in [2.24, 2.45) is 0 Å². The van der Waals surface area contributed by atoms with Gasteiger partial charge in [-0.1, -0.05) is 24.3 Å². The summed E-state index contributed by atoms with van der Waals surface area (Å²) in [7, 11) is 0. The predicted octanol–water partition coefficient (Wildman–Crippen LogP) is 4.51. The Bertz CT molecular complexity index is 1280. The van der Waals surface area contributed by atoms with Crippen LogP contribution in [0.25, 0.3) is 16.8 Å². The average Bonchev–Trinajstić information content (AvgIpc) is 3.60. The first-order valence-corrected chi connectivity index (χ1v) is 11.1. The first-order valence-electron chi connectivity index (χ1n) is 11.1. The highest BCUT2D eigenvalue weighted by Gasteiger charge is 2.20. The Morgan fingerprint density at radius 2 is 2.06 bits per heavy atom. The lowest BCUT2D eigenvalue weighted by atomic mass is 10.0.